The van der Waals surface area contributed by atoms with E-state index in [9.17, 15) is 8.78 Å². The van der Waals surface area contributed by atoms with Crippen molar-refractivity contribution in [2.24, 2.45) is 5.41 Å². The van der Waals surface area contributed by atoms with Crippen LogP contribution in [0.15, 0.2) is 36.5 Å². The summed E-state index contributed by atoms with van der Waals surface area (Å²) in [5.74, 6) is 0.599. The normalized spacial score (nSPS) is 18.4. The zero-order valence-corrected chi connectivity index (χ0v) is 16.9. The minimum atomic E-state index is -2.50. The molecule has 0 bridgehead atoms. The highest BCUT2D eigenvalue weighted by atomic mass is 19.3. The predicted molar refractivity (Wildman–Crippen MR) is 111 cm³/mol. The Morgan fingerprint density at radius 3 is 2.60 bits per heavy atom. The van der Waals surface area contributed by atoms with E-state index in [0.717, 1.165) is 54.2 Å². The molecule has 4 heterocycles. The van der Waals surface area contributed by atoms with Gasteiger partial charge in [-0.1, -0.05) is 18.2 Å². The van der Waals surface area contributed by atoms with Crippen LogP contribution in [-0.2, 0) is 4.74 Å². The zero-order valence-electron chi connectivity index (χ0n) is 16.9. The number of ether oxygens (including phenoxy) is 1. The minimum Gasteiger partial charge on any atom is -0.380 e. The quantitative estimate of drug-likeness (QED) is 0.676. The lowest BCUT2D eigenvalue weighted by Gasteiger charge is -2.55. The van der Waals surface area contributed by atoms with Gasteiger partial charge in [0, 0.05) is 24.0 Å². The maximum absolute atomic E-state index is 13.1. The van der Waals surface area contributed by atoms with Crippen molar-refractivity contribution >= 4 is 22.4 Å². The highest BCUT2D eigenvalue weighted by Gasteiger charge is 2.49. The summed E-state index contributed by atoms with van der Waals surface area (Å²) in [7, 11) is 0. The van der Waals surface area contributed by atoms with Crippen molar-refractivity contribution < 1.29 is 13.5 Å². The third-order valence-corrected chi connectivity index (χ3v) is 6.02. The Hall–Kier alpha value is -2.87. The van der Waals surface area contributed by atoms with E-state index in [1.807, 2.05) is 26.1 Å². The van der Waals surface area contributed by atoms with Crippen molar-refractivity contribution in [3.63, 3.8) is 0 Å². The number of nitrogens with one attached hydrogen (secondary N) is 1. The van der Waals surface area contributed by atoms with Crippen LogP contribution in [0.3, 0.4) is 0 Å². The van der Waals surface area contributed by atoms with Gasteiger partial charge in [0.05, 0.1) is 47.8 Å². The SMILES string of the molecule is Cc1nnc(N[C@H](C)c2cccc(C(F)F)c2)c2cc(N3CC4(COC4)C3)cnc12. The Bertz CT molecular complexity index is 1090. The Morgan fingerprint density at radius 1 is 1.13 bits per heavy atom. The van der Waals surface area contributed by atoms with Gasteiger partial charge in [0.25, 0.3) is 6.43 Å². The molecule has 6 nitrogen and oxygen atoms in total. The number of pyridine rings is 1. The van der Waals surface area contributed by atoms with E-state index >= 15 is 0 Å². The first-order chi connectivity index (χ1) is 14.4. The average molecular weight is 411 g/mol. The van der Waals surface area contributed by atoms with Crippen molar-refractivity contribution in [3.8, 4) is 0 Å². The Labute approximate surface area is 173 Å². The number of rotatable bonds is 5. The Balaban J connectivity index is 1.44. The Morgan fingerprint density at radius 2 is 1.90 bits per heavy atom. The molecule has 2 saturated heterocycles. The van der Waals surface area contributed by atoms with Crippen LogP contribution in [0.25, 0.3) is 10.9 Å². The molecule has 30 heavy (non-hydrogen) atoms. The van der Waals surface area contributed by atoms with Crippen molar-refractivity contribution in [2.75, 3.05) is 36.5 Å². The maximum atomic E-state index is 13.1. The van der Waals surface area contributed by atoms with Gasteiger partial charge >= 0.3 is 0 Å². The van der Waals surface area contributed by atoms with Crippen molar-refractivity contribution in [2.45, 2.75) is 26.3 Å². The first-order valence-corrected chi connectivity index (χ1v) is 10.0. The number of hydrogen-bond acceptors (Lipinski definition) is 6. The fourth-order valence-corrected chi connectivity index (χ4v) is 4.20. The van der Waals surface area contributed by atoms with Gasteiger partial charge in [-0.25, -0.2) is 8.78 Å². The van der Waals surface area contributed by atoms with Gasteiger partial charge in [0.2, 0.25) is 0 Å². The molecule has 2 fully saturated rings. The summed E-state index contributed by atoms with van der Waals surface area (Å²) in [4.78, 5) is 6.93. The Kier molecular flexibility index (Phi) is 4.54. The van der Waals surface area contributed by atoms with Gasteiger partial charge < -0.3 is 15.0 Å². The van der Waals surface area contributed by atoms with Crippen LogP contribution in [0.4, 0.5) is 20.3 Å². The molecule has 0 aliphatic carbocycles. The lowest BCUT2D eigenvalue weighted by atomic mass is 9.78. The molecular formula is C22H23F2N5O. The van der Waals surface area contributed by atoms with Crippen LogP contribution >= 0.6 is 0 Å². The van der Waals surface area contributed by atoms with E-state index in [-0.39, 0.29) is 11.6 Å². The summed E-state index contributed by atoms with van der Waals surface area (Å²) in [6.07, 6.45) is -0.618. The lowest BCUT2D eigenvalue weighted by Crippen LogP contribution is -2.66. The smallest absolute Gasteiger partial charge is 0.263 e. The molecule has 8 heteroatoms. The molecule has 1 N–H and O–H groups in total. The van der Waals surface area contributed by atoms with Crippen LogP contribution in [-0.4, -0.2) is 41.5 Å². The van der Waals surface area contributed by atoms with Crippen LogP contribution < -0.4 is 10.2 Å². The number of anilines is 2. The molecule has 3 aromatic rings. The molecule has 2 aliphatic rings. The van der Waals surface area contributed by atoms with Gasteiger partial charge in [-0.3, -0.25) is 4.98 Å². The predicted octanol–water partition coefficient (Wildman–Crippen LogP) is 4.28. The van der Waals surface area contributed by atoms with Crippen LogP contribution in [0, 0.1) is 12.3 Å². The molecule has 0 amide bonds. The third-order valence-electron chi connectivity index (χ3n) is 6.02. The summed E-state index contributed by atoms with van der Waals surface area (Å²) in [5, 5.41) is 12.8. The zero-order chi connectivity index (χ0) is 20.9. The van der Waals surface area contributed by atoms with E-state index < -0.39 is 6.43 Å². The largest absolute Gasteiger partial charge is 0.380 e. The van der Waals surface area contributed by atoms with E-state index in [1.165, 1.54) is 12.1 Å². The maximum Gasteiger partial charge on any atom is 0.263 e. The van der Waals surface area contributed by atoms with Crippen molar-refractivity contribution in [3.05, 3.63) is 53.3 Å². The topological polar surface area (TPSA) is 63.2 Å². The van der Waals surface area contributed by atoms with Crippen LogP contribution in [0.1, 0.15) is 36.2 Å². The number of alkyl halides is 2. The summed E-state index contributed by atoms with van der Waals surface area (Å²) < 4.78 is 31.5. The van der Waals surface area contributed by atoms with E-state index in [0.29, 0.717) is 11.2 Å². The summed E-state index contributed by atoms with van der Waals surface area (Å²) in [6, 6.07) is 8.31. The van der Waals surface area contributed by atoms with E-state index in [2.05, 4.69) is 31.5 Å². The molecule has 0 unspecified atom stereocenters. The van der Waals surface area contributed by atoms with Gasteiger partial charge in [-0.15, -0.1) is 5.10 Å². The summed E-state index contributed by atoms with van der Waals surface area (Å²) in [5.41, 5.74) is 3.67. The molecule has 5 rings (SSSR count). The number of benzene rings is 1. The van der Waals surface area contributed by atoms with Crippen LogP contribution in [0.5, 0.6) is 0 Å². The fraction of sp³-hybridized carbons (Fsp3) is 0.409. The first-order valence-electron chi connectivity index (χ1n) is 10.0. The molecule has 1 atom stereocenters. The minimum absolute atomic E-state index is 0.0108. The first kappa shape index (κ1) is 19.1. The highest BCUT2D eigenvalue weighted by molar-refractivity contribution is 5.92. The standard InChI is InChI=1S/C22H23F2N5O/c1-13(15-4-3-5-16(6-15)20(23)24)26-21-18-7-17(8-25-19(18)14(2)27-28-21)29-9-22(10-29)11-30-12-22/h3-8,13,20H,9-12H2,1-2H3,(H,26,28)/t13-/m1/s1. The third kappa shape index (κ3) is 3.25. The summed E-state index contributed by atoms with van der Waals surface area (Å²) in [6.45, 7) is 7.40. The second-order valence-corrected chi connectivity index (χ2v) is 8.41. The van der Waals surface area contributed by atoms with Crippen molar-refractivity contribution in [1.29, 1.82) is 0 Å². The van der Waals surface area contributed by atoms with E-state index in [4.69, 9.17) is 4.74 Å². The molecule has 156 valence electrons. The molecule has 0 saturated carbocycles. The molecule has 1 aromatic carbocycles. The number of hydrogen-bond donors (Lipinski definition) is 1. The number of fused-ring (bicyclic) bond motifs is 1. The second-order valence-electron chi connectivity index (χ2n) is 8.41. The van der Waals surface area contributed by atoms with Gasteiger partial charge in [0.1, 0.15) is 0 Å². The molecule has 2 aromatic heterocycles. The number of halogens is 2. The second kappa shape index (κ2) is 7.12. The summed E-state index contributed by atoms with van der Waals surface area (Å²) >= 11 is 0. The van der Waals surface area contributed by atoms with Crippen LogP contribution in [0.2, 0.25) is 0 Å². The van der Waals surface area contributed by atoms with Gasteiger partial charge in [-0.05, 0) is 31.5 Å². The van der Waals surface area contributed by atoms with E-state index in [1.54, 1.807) is 6.07 Å². The van der Waals surface area contributed by atoms with Gasteiger partial charge in [0.15, 0.2) is 5.82 Å². The van der Waals surface area contributed by atoms with Crippen molar-refractivity contribution in [1.82, 2.24) is 15.2 Å². The molecule has 0 radical (unpaired) electrons. The number of aryl methyl sites for hydroxylation is 1. The number of nitrogens with zero attached hydrogens (tertiary/aromatic N) is 4. The molecule has 2 aliphatic heterocycles. The highest BCUT2D eigenvalue weighted by Crippen LogP contribution is 2.41. The lowest BCUT2D eigenvalue weighted by molar-refractivity contribution is -0.127. The van der Waals surface area contributed by atoms with Gasteiger partial charge in [-0.2, -0.15) is 5.10 Å². The average Bonchev–Trinajstić information content (AvgIpc) is 2.68. The monoisotopic (exact) mass is 411 g/mol. The fourth-order valence-electron chi connectivity index (χ4n) is 4.20. The molecular weight excluding hydrogens is 388 g/mol. The number of aromatic nitrogens is 3. The molecule has 1 spiro atoms.